The van der Waals surface area contributed by atoms with Crippen LogP contribution in [0, 0.1) is 5.82 Å². The van der Waals surface area contributed by atoms with Crippen LogP contribution < -0.4 is 10.5 Å². The Kier molecular flexibility index (Phi) is 3.46. The zero-order valence-corrected chi connectivity index (χ0v) is 7.46. The molecular weight excluding hydrogens is 169 g/mol. The number of hydrogen-bond acceptors (Lipinski definition) is 2. The maximum absolute atomic E-state index is 13.1. The number of hydrogen-bond donors (Lipinski definition) is 1. The van der Waals surface area contributed by atoms with Crippen molar-refractivity contribution in [3.63, 3.8) is 0 Å². The number of halogens is 1. The average molecular weight is 181 g/mol. The molecule has 0 heterocycles. The van der Waals surface area contributed by atoms with Gasteiger partial charge in [-0.3, -0.25) is 0 Å². The van der Waals surface area contributed by atoms with Gasteiger partial charge in [0.1, 0.15) is 11.6 Å². The molecule has 0 bridgehead atoms. The van der Waals surface area contributed by atoms with Crippen LogP contribution in [-0.4, -0.2) is 13.7 Å². The van der Waals surface area contributed by atoms with E-state index in [1.54, 1.807) is 31.4 Å². The van der Waals surface area contributed by atoms with Gasteiger partial charge in [-0.25, -0.2) is 4.39 Å². The predicted molar refractivity (Wildman–Crippen MR) is 51.0 cm³/mol. The number of ether oxygens (including phenoxy) is 1. The van der Waals surface area contributed by atoms with E-state index in [1.807, 2.05) is 0 Å². The van der Waals surface area contributed by atoms with Gasteiger partial charge in [0.2, 0.25) is 0 Å². The average Bonchev–Trinajstić information content (AvgIpc) is 2.17. The maximum atomic E-state index is 13.1. The molecule has 0 radical (unpaired) electrons. The Morgan fingerprint density at radius 3 is 2.92 bits per heavy atom. The monoisotopic (exact) mass is 181 g/mol. The van der Waals surface area contributed by atoms with Gasteiger partial charge in [0.15, 0.2) is 0 Å². The largest absolute Gasteiger partial charge is 0.497 e. The van der Waals surface area contributed by atoms with Crippen LogP contribution in [0.3, 0.4) is 0 Å². The van der Waals surface area contributed by atoms with Crippen LogP contribution in [0.25, 0.3) is 6.08 Å². The van der Waals surface area contributed by atoms with E-state index in [4.69, 9.17) is 10.5 Å². The molecule has 2 N–H and O–H groups in total. The van der Waals surface area contributed by atoms with Crippen molar-refractivity contribution in [2.75, 3.05) is 13.7 Å². The lowest BCUT2D eigenvalue weighted by Gasteiger charge is -2.01. The van der Waals surface area contributed by atoms with Crippen LogP contribution >= 0.6 is 0 Å². The van der Waals surface area contributed by atoms with E-state index in [0.29, 0.717) is 17.9 Å². The SMILES string of the molecule is COc1ccc(F)c(C=CCN)c1. The van der Waals surface area contributed by atoms with Crippen molar-refractivity contribution in [1.82, 2.24) is 0 Å². The van der Waals surface area contributed by atoms with E-state index in [2.05, 4.69) is 0 Å². The molecular formula is C10H12FNO. The molecule has 0 saturated heterocycles. The zero-order chi connectivity index (χ0) is 9.68. The minimum atomic E-state index is -0.273. The topological polar surface area (TPSA) is 35.2 Å². The highest BCUT2D eigenvalue weighted by molar-refractivity contribution is 5.52. The van der Waals surface area contributed by atoms with Crippen LogP contribution in [0.2, 0.25) is 0 Å². The molecule has 2 nitrogen and oxygen atoms in total. The summed E-state index contributed by atoms with van der Waals surface area (Å²) in [6.45, 7) is 0.399. The fourth-order valence-corrected chi connectivity index (χ4v) is 0.972. The van der Waals surface area contributed by atoms with Gasteiger partial charge in [0, 0.05) is 12.1 Å². The second kappa shape index (κ2) is 4.62. The molecule has 1 aromatic rings. The van der Waals surface area contributed by atoms with Crippen molar-refractivity contribution < 1.29 is 9.13 Å². The van der Waals surface area contributed by atoms with Gasteiger partial charge in [-0.1, -0.05) is 12.2 Å². The third-order valence-electron chi connectivity index (χ3n) is 1.64. The standard InChI is InChI=1S/C10H12FNO/c1-13-9-4-5-10(11)8(7-9)3-2-6-12/h2-5,7H,6,12H2,1H3. The summed E-state index contributed by atoms with van der Waals surface area (Å²) < 4.78 is 18.0. The maximum Gasteiger partial charge on any atom is 0.130 e. The molecule has 0 aliphatic heterocycles. The normalized spacial score (nSPS) is 10.7. The summed E-state index contributed by atoms with van der Waals surface area (Å²) in [7, 11) is 1.55. The molecule has 0 aliphatic rings. The van der Waals surface area contributed by atoms with Crippen LogP contribution in [0.5, 0.6) is 5.75 Å². The molecule has 0 aliphatic carbocycles. The summed E-state index contributed by atoms with van der Waals surface area (Å²) in [6, 6.07) is 4.58. The number of nitrogens with two attached hydrogens (primary N) is 1. The van der Waals surface area contributed by atoms with Crippen molar-refractivity contribution in [3.05, 3.63) is 35.7 Å². The van der Waals surface area contributed by atoms with Crippen molar-refractivity contribution in [1.29, 1.82) is 0 Å². The Bertz CT molecular complexity index is 310. The highest BCUT2D eigenvalue weighted by Crippen LogP contribution is 2.17. The first-order valence-corrected chi connectivity index (χ1v) is 3.98. The predicted octanol–water partition coefficient (Wildman–Crippen LogP) is 1.81. The highest BCUT2D eigenvalue weighted by atomic mass is 19.1. The Morgan fingerprint density at radius 1 is 1.54 bits per heavy atom. The van der Waals surface area contributed by atoms with E-state index in [1.165, 1.54) is 6.07 Å². The smallest absolute Gasteiger partial charge is 0.130 e. The molecule has 70 valence electrons. The molecule has 0 atom stereocenters. The zero-order valence-electron chi connectivity index (χ0n) is 7.46. The lowest BCUT2D eigenvalue weighted by atomic mass is 10.2. The van der Waals surface area contributed by atoms with Crippen LogP contribution in [0.4, 0.5) is 4.39 Å². The molecule has 0 fully saturated rings. The van der Waals surface area contributed by atoms with Gasteiger partial charge in [-0.2, -0.15) is 0 Å². The minimum absolute atomic E-state index is 0.273. The molecule has 3 heteroatoms. The fraction of sp³-hybridized carbons (Fsp3) is 0.200. The quantitative estimate of drug-likeness (QED) is 0.771. The van der Waals surface area contributed by atoms with Gasteiger partial charge in [-0.15, -0.1) is 0 Å². The first kappa shape index (κ1) is 9.74. The summed E-state index contributed by atoms with van der Waals surface area (Å²) in [5.41, 5.74) is 5.75. The Hall–Kier alpha value is -1.35. The Morgan fingerprint density at radius 2 is 2.31 bits per heavy atom. The van der Waals surface area contributed by atoms with Crippen LogP contribution in [0.15, 0.2) is 24.3 Å². The molecule has 0 spiro atoms. The molecule has 0 amide bonds. The summed E-state index contributed by atoms with van der Waals surface area (Å²) in [4.78, 5) is 0. The second-order valence-electron chi connectivity index (χ2n) is 2.53. The minimum Gasteiger partial charge on any atom is -0.497 e. The number of rotatable bonds is 3. The lowest BCUT2D eigenvalue weighted by molar-refractivity contribution is 0.413. The van der Waals surface area contributed by atoms with E-state index in [0.717, 1.165) is 0 Å². The van der Waals surface area contributed by atoms with Gasteiger partial charge in [-0.05, 0) is 18.2 Å². The molecule has 0 unspecified atom stereocenters. The lowest BCUT2D eigenvalue weighted by Crippen LogP contribution is -1.93. The van der Waals surface area contributed by atoms with Crippen molar-refractivity contribution in [3.8, 4) is 5.75 Å². The third kappa shape index (κ3) is 2.56. The summed E-state index contributed by atoms with van der Waals surface area (Å²) in [6.07, 6.45) is 3.33. The fourth-order valence-electron chi connectivity index (χ4n) is 0.972. The van der Waals surface area contributed by atoms with E-state index < -0.39 is 0 Å². The highest BCUT2D eigenvalue weighted by Gasteiger charge is 1.99. The molecule has 1 rings (SSSR count). The van der Waals surface area contributed by atoms with Gasteiger partial charge < -0.3 is 10.5 Å². The Labute approximate surface area is 76.8 Å². The number of benzene rings is 1. The van der Waals surface area contributed by atoms with Gasteiger partial charge in [0.05, 0.1) is 7.11 Å². The van der Waals surface area contributed by atoms with Crippen LogP contribution in [0.1, 0.15) is 5.56 Å². The van der Waals surface area contributed by atoms with Gasteiger partial charge >= 0.3 is 0 Å². The molecule has 0 aromatic heterocycles. The molecule has 0 saturated carbocycles. The van der Waals surface area contributed by atoms with Gasteiger partial charge in [0.25, 0.3) is 0 Å². The first-order chi connectivity index (χ1) is 6.27. The van der Waals surface area contributed by atoms with Crippen molar-refractivity contribution >= 4 is 6.08 Å². The summed E-state index contributed by atoms with van der Waals surface area (Å²) in [5.74, 6) is 0.364. The third-order valence-corrected chi connectivity index (χ3v) is 1.64. The Balaban J connectivity index is 2.97. The van der Waals surface area contributed by atoms with Crippen molar-refractivity contribution in [2.45, 2.75) is 0 Å². The second-order valence-corrected chi connectivity index (χ2v) is 2.53. The van der Waals surface area contributed by atoms with E-state index in [9.17, 15) is 4.39 Å². The summed E-state index contributed by atoms with van der Waals surface area (Å²) >= 11 is 0. The first-order valence-electron chi connectivity index (χ1n) is 3.98. The van der Waals surface area contributed by atoms with Crippen LogP contribution in [-0.2, 0) is 0 Å². The molecule has 1 aromatic carbocycles. The van der Waals surface area contributed by atoms with E-state index in [-0.39, 0.29) is 5.82 Å². The van der Waals surface area contributed by atoms with Crippen molar-refractivity contribution in [2.24, 2.45) is 5.73 Å². The molecule has 13 heavy (non-hydrogen) atoms. The van der Waals surface area contributed by atoms with E-state index >= 15 is 0 Å². The number of methoxy groups -OCH3 is 1. The summed E-state index contributed by atoms with van der Waals surface area (Å²) in [5, 5.41) is 0.